The van der Waals surface area contributed by atoms with Crippen molar-refractivity contribution in [3.05, 3.63) is 66.4 Å². The van der Waals surface area contributed by atoms with Crippen LogP contribution >= 0.6 is 0 Å². The first-order valence-corrected chi connectivity index (χ1v) is 9.65. The summed E-state index contributed by atoms with van der Waals surface area (Å²) in [5.74, 6) is 0.290. The maximum atomic E-state index is 13.1. The number of nitrogens with zero attached hydrogens (tertiary/aromatic N) is 1. The second kappa shape index (κ2) is 8.79. The highest BCUT2D eigenvalue weighted by molar-refractivity contribution is 5.88. The molecule has 1 aromatic heterocycles. The number of amides is 2. The van der Waals surface area contributed by atoms with E-state index >= 15 is 0 Å². The number of rotatable bonds is 5. The summed E-state index contributed by atoms with van der Waals surface area (Å²) in [5, 5.41) is 3.79. The minimum atomic E-state index is -0.733. The van der Waals surface area contributed by atoms with Gasteiger partial charge in [0.05, 0.1) is 13.2 Å². The van der Waals surface area contributed by atoms with Crippen LogP contribution in [0, 0.1) is 0 Å². The highest BCUT2D eigenvalue weighted by Crippen LogP contribution is 2.20. The molecule has 2 heterocycles. The second-order valence-electron chi connectivity index (χ2n) is 6.90. The van der Waals surface area contributed by atoms with Crippen LogP contribution < -0.4 is 10.1 Å². The maximum Gasteiger partial charge on any atom is 0.413 e. The van der Waals surface area contributed by atoms with Gasteiger partial charge in [0, 0.05) is 36.6 Å². The van der Waals surface area contributed by atoms with Gasteiger partial charge in [-0.05, 0) is 23.8 Å². The summed E-state index contributed by atoms with van der Waals surface area (Å²) < 4.78 is 10.7. The van der Waals surface area contributed by atoms with Crippen molar-refractivity contribution in [2.24, 2.45) is 0 Å². The first kappa shape index (κ1) is 19.0. The van der Waals surface area contributed by atoms with Crippen molar-refractivity contribution >= 4 is 22.9 Å². The number of aromatic amines is 1. The average Bonchev–Trinajstić information content (AvgIpc) is 3.17. The van der Waals surface area contributed by atoms with Crippen LogP contribution in [0.25, 0.3) is 10.9 Å². The third kappa shape index (κ3) is 4.57. The van der Waals surface area contributed by atoms with Crippen LogP contribution in [0.3, 0.4) is 0 Å². The molecule has 1 aliphatic rings. The zero-order valence-corrected chi connectivity index (χ0v) is 16.0. The van der Waals surface area contributed by atoms with Crippen molar-refractivity contribution < 1.29 is 19.1 Å². The van der Waals surface area contributed by atoms with Gasteiger partial charge in [0.25, 0.3) is 0 Å². The van der Waals surface area contributed by atoms with Gasteiger partial charge in [0.2, 0.25) is 5.91 Å². The second-order valence-corrected chi connectivity index (χ2v) is 6.90. The summed E-state index contributed by atoms with van der Waals surface area (Å²) in [6, 6.07) is 15.9. The number of nitrogens with one attached hydrogen (secondary N) is 2. The number of ether oxygens (including phenoxy) is 2. The Morgan fingerprint density at radius 3 is 2.59 bits per heavy atom. The van der Waals surface area contributed by atoms with Gasteiger partial charge in [0.1, 0.15) is 11.8 Å². The monoisotopic (exact) mass is 393 g/mol. The lowest BCUT2D eigenvalue weighted by molar-refractivity contribution is -0.137. The fourth-order valence-corrected chi connectivity index (χ4v) is 3.49. The van der Waals surface area contributed by atoms with E-state index < -0.39 is 12.1 Å². The number of H-pyrrole nitrogens is 1. The molecule has 1 atom stereocenters. The number of aromatic nitrogens is 1. The van der Waals surface area contributed by atoms with Crippen LogP contribution in [0.5, 0.6) is 5.75 Å². The van der Waals surface area contributed by atoms with E-state index in [1.807, 2.05) is 36.5 Å². The van der Waals surface area contributed by atoms with Gasteiger partial charge in [-0.2, -0.15) is 0 Å². The minimum Gasteiger partial charge on any atom is -0.410 e. The molecule has 2 amide bonds. The molecular formula is C22H23N3O4. The molecule has 0 aliphatic carbocycles. The number of hydrogen-bond acceptors (Lipinski definition) is 4. The smallest absolute Gasteiger partial charge is 0.410 e. The van der Waals surface area contributed by atoms with E-state index in [0.717, 1.165) is 16.5 Å². The van der Waals surface area contributed by atoms with Crippen molar-refractivity contribution in [3.8, 4) is 5.75 Å². The number of carbonyl (C=O) groups excluding carboxylic acids is 2. The van der Waals surface area contributed by atoms with E-state index in [2.05, 4.69) is 10.3 Å². The maximum absolute atomic E-state index is 13.1. The number of morpholine rings is 1. The molecule has 1 fully saturated rings. The predicted molar refractivity (Wildman–Crippen MR) is 109 cm³/mol. The Hall–Kier alpha value is -3.32. The number of fused-ring (bicyclic) bond motifs is 1. The zero-order chi connectivity index (χ0) is 20.1. The topological polar surface area (TPSA) is 83.7 Å². The summed E-state index contributed by atoms with van der Waals surface area (Å²) in [4.78, 5) is 30.5. The van der Waals surface area contributed by atoms with E-state index in [-0.39, 0.29) is 5.91 Å². The van der Waals surface area contributed by atoms with Crippen molar-refractivity contribution in [3.63, 3.8) is 0 Å². The lowest BCUT2D eigenvalue weighted by atomic mass is 10.0. The summed E-state index contributed by atoms with van der Waals surface area (Å²) in [7, 11) is 0. The first-order chi connectivity index (χ1) is 14.2. The minimum absolute atomic E-state index is 0.136. The van der Waals surface area contributed by atoms with E-state index in [1.54, 1.807) is 29.2 Å². The molecule has 7 heteroatoms. The lowest BCUT2D eigenvalue weighted by Crippen LogP contribution is -2.53. The molecule has 150 valence electrons. The Kier molecular flexibility index (Phi) is 5.76. The molecule has 3 aromatic rings. The summed E-state index contributed by atoms with van der Waals surface area (Å²) in [6.45, 7) is 2.03. The van der Waals surface area contributed by atoms with Crippen LogP contribution in [0.2, 0.25) is 0 Å². The molecule has 0 radical (unpaired) electrons. The summed E-state index contributed by atoms with van der Waals surface area (Å²) in [5.41, 5.74) is 1.96. The number of benzene rings is 2. The SMILES string of the molecule is O=C(N[C@H](Cc1c[nH]c2ccccc12)C(=O)N1CCOCC1)Oc1ccccc1. The largest absolute Gasteiger partial charge is 0.413 e. The molecule has 29 heavy (non-hydrogen) atoms. The van der Waals surface area contributed by atoms with Crippen LogP contribution in [0.4, 0.5) is 4.79 Å². The highest BCUT2D eigenvalue weighted by Gasteiger charge is 2.28. The molecule has 1 aliphatic heterocycles. The van der Waals surface area contributed by atoms with Crippen LogP contribution in [-0.2, 0) is 16.0 Å². The van der Waals surface area contributed by atoms with Crippen LogP contribution in [-0.4, -0.2) is 54.2 Å². The molecule has 0 unspecified atom stereocenters. The normalized spacial score (nSPS) is 15.1. The number of para-hydroxylation sites is 2. The fraction of sp³-hybridized carbons (Fsp3) is 0.273. The Balaban J connectivity index is 1.53. The molecule has 0 saturated carbocycles. The molecular weight excluding hydrogens is 370 g/mol. The average molecular weight is 393 g/mol. The molecule has 1 saturated heterocycles. The summed E-state index contributed by atoms with van der Waals surface area (Å²) >= 11 is 0. The molecule has 4 rings (SSSR count). The third-order valence-electron chi connectivity index (χ3n) is 4.97. The quantitative estimate of drug-likeness (QED) is 0.698. The number of hydrogen-bond donors (Lipinski definition) is 2. The zero-order valence-electron chi connectivity index (χ0n) is 16.0. The predicted octanol–water partition coefficient (Wildman–Crippen LogP) is 2.73. The third-order valence-corrected chi connectivity index (χ3v) is 4.97. The van der Waals surface area contributed by atoms with E-state index in [9.17, 15) is 9.59 Å². The molecule has 0 bridgehead atoms. The summed E-state index contributed by atoms with van der Waals surface area (Å²) in [6.07, 6.45) is 1.60. The number of carbonyl (C=O) groups is 2. The van der Waals surface area contributed by atoms with Crippen molar-refractivity contribution in [1.82, 2.24) is 15.2 Å². The van der Waals surface area contributed by atoms with Crippen molar-refractivity contribution in [2.75, 3.05) is 26.3 Å². The van der Waals surface area contributed by atoms with Crippen molar-refractivity contribution in [1.29, 1.82) is 0 Å². The van der Waals surface area contributed by atoms with Gasteiger partial charge in [-0.3, -0.25) is 4.79 Å². The van der Waals surface area contributed by atoms with Crippen LogP contribution in [0.15, 0.2) is 60.8 Å². The standard InChI is InChI=1S/C22H23N3O4/c26-21(25-10-12-28-13-11-25)20(24-22(27)29-17-6-2-1-3-7-17)14-16-15-23-19-9-5-4-8-18(16)19/h1-9,15,20,23H,10-14H2,(H,24,27)/t20-/m1/s1. The van der Waals surface area contributed by atoms with Gasteiger partial charge < -0.3 is 24.7 Å². The fourth-order valence-electron chi connectivity index (χ4n) is 3.49. The van der Waals surface area contributed by atoms with Gasteiger partial charge in [-0.25, -0.2) is 4.79 Å². The van der Waals surface area contributed by atoms with E-state index in [1.165, 1.54) is 0 Å². The van der Waals surface area contributed by atoms with Crippen molar-refractivity contribution in [2.45, 2.75) is 12.5 Å². The Morgan fingerprint density at radius 2 is 1.79 bits per heavy atom. The van der Waals surface area contributed by atoms with Gasteiger partial charge in [-0.1, -0.05) is 36.4 Å². The Bertz CT molecular complexity index is 980. The Labute approximate surface area is 168 Å². The molecule has 2 N–H and O–H groups in total. The molecule has 0 spiro atoms. The van der Waals surface area contributed by atoms with Crippen LogP contribution in [0.1, 0.15) is 5.56 Å². The Morgan fingerprint density at radius 1 is 1.07 bits per heavy atom. The van der Waals surface area contributed by atoms with Gasteiger partial charge in [-0.15, -0.1) is 0 Å². The van der Waals surface area contributed by atoms with Gasteiger partial charge >= 0.3 is 6.09 Å². The lowest BCUT2D eigenvalue weighted by Gasteiger charge is -2.30. The van der Waals surface area contributed by atoms with E-state index in [0.29, 0.717) is 38.5 Å². The first-order valence-electron chi connectivity index (χ1n) is 9.65. The molecule has 2 aromatic carbocycles. The molecule has 7 nitrogen and oxygen atoms in total. The van der Waals surface area contributed by atoms with E-state index in [4.69, 9.17) is 9.47 Å². The van der Waals surface area contributed by atoms with Gasteiger partial charge in [0.15, 0.2) is 0 Å². The highest BCUT2D eigenvalue weighted by atomic mass is 16.6.